The first-order valence-corrected chi connectivity index (χ1v) is 8.86. The average Bonchev–Trinajstić information content (AvgIpc) is 3.05. The molecule has 2 heterocycles. The van der Waals surface area contributed by atoms with E-state index in [1.54, 1.807) is 18.3 Å². The van der Waals surface area contributed by atoms with E-state index < -0.39 is 30.6 Å². The Hall–Kier alpha value is -2.94. The number of ether oxygens (including phenoxy) is 1. The van der Waals surface area contributed by atoms with Gasteiger partial charge in [-0.1, -0.05) is 6.07 Å². The van der Waals surface area contributed by atoms with Gasteiger partial charge in [-0.25, -0.2) is 9.79 Å². The molecule has 0 saturated carbocycles. The van der Waals surface area contributed by atoms with Gasteiger partial charge < -0.3 is 9.84 Å². The highest BCUT2D eigenvalue weighted by Crippen LogP contribution is 2.30. The number of rotatable bonds is 4. The fourth-order valence-corrected chi connectivity index (χ4v) is 3.47. The van der Waals surface area contributed by atoms with E-state index in [0.717, 1.165) is 20.5 Å². The molecule has 0 aliphatic carbocycles. The summed E-state index contributed by atoms with van der Waals surface area (Å²) in [5.41, 5.74) is 0.822. The molecule has 2 N–H and O–H groups in total. The average molecular weight is 375 g/mol. The Morgan fingerprint density at radius 3 is 2.96 bits per heavy atom. The lowest BCUT2D eigenvalue weighted by Gasteiger charge is -2.29. The van der Waals surface area contributed by atoms with Crippen molar-refractivity contribution < 1.29 is 24.2 Å². The second kappa shape index (κ2) is 7.52. The number of amides is 2. The highest BCUT2D eigenvalue weighted by atomic mass is 32.1. The molecule has 0 fully saturated rings. The minimum Gasteiger partial charge on any atom is -0.480 e. The number of carboxylic acid groups (broad SMARTS) is 1. The molecule has 3 rings (SSSR count). The number of hydrogen-bond acceptors (Lipinski definition) is 6. The maximum atomic E-state index is 12.5. The molecule has 136 valence electrons. The fourth-order valence-electron chi connectivity index (χ4n) is 2.70. The van der Waals surface area contributed by atoms with Gasteiger partial charge in [-0.3, -0.25) is 19.8 Å². The van der Waals surface area contributed by atoms with Crippen molar-refractivity contribution in [1.82, 2.24) is 10.2 Å². The molecule has 9 heteroatoms. The number of carboxylic acids is 1. The van der Waals surface area contributed by atoms with Crippen LogP contribution >= 0.6 is 11.3 Å². The summed E-state index contributed by atoms with van der Waals surface area (Å²) in [4.78, 5) is 40.6. The van der Waals surface area contributed by atoms with Gasteiger partial charge in [0.05, 0.1) is 19.1 Å². The number of alkyl carbamates (subject to hydrolysis) is 1. The van der Waals surface area contributed by atoms with E-state index in [1.807, 2.05) is 29.6 Å². The molecule has 1 atom stereocenters. The highest BCUT2D eigenvalue weighted by molar-refractivity contribution is 7.17. The molecule has 0 bridgehead atoms. The van der Waals surface area contributed by atoms with Gasteiger partial charge in [0.2, 0.25) is 11.9 Å². The van der Waals surface area contributed by atoms with Crippen molar-refractivity contribution in [3.8, 4) is 0 Å². The third-order valence-corrected chi connectivity index (χ3v) is 4.74. The summed E-state index contributed by atoms with van der Waals surface area (Å²) in [6.07, 6.45) is -0.764. The molecular weight excluding hydrogens is 358 g/mol. The number of thiophene rings is 1. The van der Waals surface area contributed by atoms with Crippen LogP contribution in [0.2, 0.25) is 0 Å². The second-order valence-corrected chi connectivity index (χ2v) is 6.56. The summed E-state index contributed by atoms with van der Waals surface area (Å²) in [5, 5.41) is 14.4. The largest absolute Gasteiger partial charge is 0.480 e. The van der Waals surface area contributed by atoms with Gasteiger partial charge in [-0.15, -0.1) is 11.3 Å². The summed E-state index contributed by atoms with van der Waals surface area (Å²) in [6.45, 7) is 1.20. The van der Waals surface area contributed by atoms with Crippen molar-refractivity contribution in [2.45, 2.75) is 19.4 Å². The number of carbonyl (C=O) groups excluding carboxylic acids is 2. The molecule has 1 aromatic carbocycles. The zero-order chi connectivity index (χ0) is 18.7. The van der Waals surface area contributed by atoms with Crippen molar-refractivity contribution in [2.24, 2.45) is 4.99 Å². The Bertz CT molecular complexity index is 891. The Labute approximate surface area is 153 Å². The molecule has 0 saturated heterocycles. The number of guanidine groups is 1. The number of aliphatic carboxylic acids is 1. The van der Waals surface area contributed by atoms with E-state index in [1.165, 1.54) is 0 Å². The smallest absolute Gasteiger partial charge is 0.413 e. The lowest BCUT2D eigenvalue weighted by molar-refractivity contribution is -0.142. The minimum atomic E-state index is -1.20. The van der Waals surface area contributed by atoms with Gasteiger partial charge in [0.25, 0.3) is 0 Å². The molecule has 1 unspecified atom stereocenters. The van der Waals surface area contributed by atoms with Gasteiger partial charge >= 0.3 is 12.1 Å². The molecule has 1 aliphatic rings. The number of aliphatic imine (C=N–C) groups is 1. The van der Waals surface area contributed by atoms with E-state index in [-0.39, 0.29) is 19.0 Å². The summed E-state index contributed by atoms with van der Waals surface area (Å²) >= 11 is 1.62. The molecular formula is C17H17N3O5S. The SMILES string of the molecule is CCOC(=O)NC1=NC(c2ccc3sccc3c2)CC(=O)N1CC(=O)O. The molecule has 2 amide bonds. The molecule has 26 heavy (non-hydrogen) atoms. The van der Waals surface area contributed by atoms with Crippen LogP contribution in [0.15, 0.2) is 34.6 Å². The minimum absolute atomic E-state index is 0.0247. The van der Waals surface area contributed by atoms with E-state index >= 15 is 0 Å². The summed E-state index contributed by atoms with van der Waals surface area (Å²) in [5.74, 6) is -1.74. The first-order chi connectivity index (χ1) is 12.5. The number of nitrogens with one attached hydrogen (secondary N) is 1. The number of carbonyl (C=O) groups is 3. The van der Waals surface area contributed by atoms with Crippen LogP contribution in [-0.4, -0.2) is 47.1 Å². The Morgan fingerprint density at radius 2 is 2.23 bits per heavy atom. The number of fused-ring (bicyclic) bond motifs is 1. The van der Waals surface area contributed by atoms with Crippen LogP contribution in [0.3, 0.4) is 0 Å². The predicted molar refractivity (Wildman–Crippen MR) is 96.1 cm³/mol. The van der Waals surface area contributed by atoms with E-state index in [0.29, 0.717) is 0 Å². The van der Waals surface area contributed by atoms with E-state index in [9.17, 15) is 14.4 Å². The van der Waals surface area contributed by atoms with Crippen LogP contribution in [0.1, 0.15) is 24.9 Å². The molecule has 1 aromatic heterocycles. The molecule has 0 spiro atoms. The second-order valence-electron chi connectivity index (χ2n) is 5.61. The molecule has 8 nitrogen and oxygen atoms in total. The topological polar surface area (TPSA) is 108 Å². The third-order valence-electron chi connectivity index (χ3n) is 3.85. The number of nitrogens with zero attached hydrogens (tertiary/aromatic N) is 2. The summed E-state index contributed by atoms with van der Waals surface area (Å²) in [7, 11) is 0. The third kappa shape index (κ3) is 3.83. The normalized spacial score (nSPS) is 17.1. The van der Waals surface area contributed by atoms with Gasteiger partial charge in [0.1, 0.15) is 6.54 Å². The van der Waals surface area contributed by atoms with Crippen molar-refractivity contribution in [3.63, 3.8) is 0 Å². The summed E-state index contributed by atoms with van der Waals surface area (Å²) in [6, 6.07) is 7.26. The van der Waals surface area contributed by atoms with Crippen LogP contribution < -0.4 is 5.32 Å². The van der Waals surface area contributed by atoms with Crippen LogP contribution in [0.5, 0.6) is 0 Å². The Balaban J connectivity index is 1.93. The molecule has 1 aliphatic heterocycles. The Morgan fingerprint density at radius 1 is 1.42 bits per heavy atom. The molecule has 0 radical (unpaired) electrons. The zero-order valence-electron chi connectivity index (χ0n) is 14.0. The maximum Gasteiger partial charge on any atom is 0.413 e. The quantitative estimate of drug-likeness (QED) is 0.853. The van der Waals surface area contributed by atoms with Crippen LogP contribution in [0.25, 0.3) is 10.1 Å². The van der Waals surface area contributed by atoms with Gasteiger partial charge in [0, 0.05) is 4.70 Å². The predicted octanol–water partition coefficient (Wildman–Crippen LogP) is 2.36. The van der Waals surface area contributed by atoms with Gasteiger partial charge in [0.15, 0.2) is 0 Å². The van der Waals surface area contributed by atoms with Crippen LogP contribution in [0, 0.1) is 0 Å². The van der Waals surface area contributed by atoms with Gasteiger partial charge in [-0.05, 0) is 41.5 Å². The lowest BCUT2D eigenvalue weighted by Crippen LogP contribution is -2.51. The van der Waals surface area contributed by atoms with Crippen molar-refractivity contribution in [2.75, 3.05) is 13.2 Å². The molecule has 2 aromatic rings. The highest BCUT2D eigenvalue weighted by Gasteiger charge is 2.32. The van der Waals surface area contributed by atoms with Gasteiger partial charge in [-0.2, -0.15) is 0 Å². The number of hydrogen-bond donors (Lipinski definition) is 2. The maximum absolute atomic E-state index is 12.5. The van der Waals surface area contributed by atoms with Crippen molar-refractivity contribution >= 4 is 45.4 Å². The van der Waals surface area contributed by atoms with Crippen molar-refractivity contribution in [1.29, 1.82) is 0 Å². The van der Waals surface area contributed by atoms with Crippen LogP contribution in [0.4, 0.5) is 4.79 Å². The van der Waals surface area contributed by atoms with Crippen molar-refractivity contribution in [3.05, 3.63) is 35.2 Å². The van der Waals surface area contributed by atoms with E-state index in [4.69, 9.17) is 9.84 Å². The summed E-state index contributed by atoms with van der Waals surface area (Å²) < 4.78 is 5.93. The lowest BCUT2D eigenvalue weighted by atomic mass is 10.0. The first kappa shape index (κ1) is 17.9. The monoisotopic (exact) mass is 375 g/mol. The Kier molecular flexibility index (Phi) is 5.17. The number of benzene rings is 1. The fraction of sp³-hybridized carbons (Fsp3) is 0.294. The standard InChI is InChI=1S/C17H17N3O5S/c1-2-25-17(24)19-16-18-12(8-14(21)20(16)9-15(22)23)10-3-4-13-11(7-10)5-6-26-13/h3-7,12H,2,8-9H2,1H3,(H,22,23)(H,18,19,24). The van der Waals surface area contributed by atoms with Crippen LogP contribution in [-0.2, 0) is 14.3 Å². The first-order valence-electron chi connectivity index (χ1n) is 7.99. The zero-order valence-corrected chi connectivity index (χ0v) is 14.8. The van der Waals surface area contributed by atoms with E-state index in [2.05, 4.69) is 10.3 Å².